The number of benzene rings is 1. The second-order valence-corrected chi connectivity index (χ2v) is 3.60. The Morgan fingerprint density at radius 2 is 2.07 bits per heavy atom. The number of terminal acetylenes is 1. The summed E-state index contributed by atoms with van der Waals surface area (Å²) in [5.74, 6) is 2.46. The number of pyridine rings is 1. The van der Waals surface area contributed by atoms with E-state index in [-0.39, 0.29) is 12.1 Å². The molecule has 1 aromatic carbocycles. The van der Waals surface area contributed by atoms with Gasteiger partial charge in [-0.15, -0.1) is 6.42 Å². The largest absolute Gasteiger partial charge is 0.297 e. The van der Waals surface area contributed by atoms with Crippen LogP contribution in [0.15, 0.2) is 35.1 Å². The average Bonchev–Trinajstić information content (AvgIpc) is 2.23. The number of nitrogens with zero attached hydrogens (tertiary/aromatic N) is 1. The Balaban J connectivity index is 2.85. The van der Waals surface area contributed by atoms with Gasteiger partial charge in [0, 0.05) is 11.1 Å². The summed E-state index contributed by atoms with van der Waals surface area (Å²) in [6.07, 6.45) is 5.22. The zero-order chi connectivity index (χ0) is 10.8. The molecule has 2 aromatic rings. The normalized spacial score (nSPS) is 10.1. The van der Waals surface area contributed by atoms with Crippen LogP contribution in [0.2, 0.25) is 5.02 Å². The van der Waals surface area contributed by atoms with Crippen molar-refractivity contribution in [1.29, 1.82) is 0 Å². The summed E-state index contributed by atoms with van der Waals surface area (Å²) in [5, 5.41) is 1.55. The van der Waals surface area contributed by atoms with Crippen molar-refractivity contribution in [1.82, 2.24) is 4.57 Å². The number of aromatic nitrogens is 1. The number of hydrogen-bond acceptors (Lipinski definition) is 1. The fourth-order valence-corrected chi connectivity index (χ4v) is 1.68. The second-order valence-electron chi connectivity index (χ2n) is 3.16. The lowest BCUT2D eigenvalue weighted by atomic mass is 10.2. The van der Waals surface area contributed by atoms with Crippen LogP contribution in [-0.4, -0.2) is 4.57 Å². The first-order valence-corrected chi connectivity index (χ1v) is 4.83. The van der Waals surface area contributed by atoms with Crippen molar-refractivity contribution in [3.63, 3.8) is 0 Å². The number of rotatable bonds is 1. The minimum atomic E-state index is -0.109. The van der Waals surface area contributed by atoms with Gasteiger partial charge in [-0.25, -0.2) is 0 Å². The molecule has 3 heteroatoms. The van der Waals surface area contributed by atoms with Crippen LogP contribution >= 0.6 is 11.6 Å². The van der Waals surface area contributed by atoms with Crippen LogP contribution < -0.4 is 5.56 Å². The zero-order valence-corrected chi connectivity index (χ0v) is 8.66. The maximum absolute atomic E-state index is 11.6. The van der Waals surface area contributed by atoms with E-state index in [4.69, 9.17) is 18.0 Å². The molecule has 2 nitrogen and oxygen atoms in total. The molecule has 0 spiro atoms. The van der Waals surface area contributed by atoms with Gasteiger partial charge in [0.15, 0.2) is 0 Å². The summed E-state index contributed by atoms with van der Waals surface area (Å²) in [6, 6.07) is 8.67. The second kappa shape index (κ2) is 3.80. The highest BCUT2D eigenvalue weighted by atomic mass is 35.5. The Bertz CT molecular complexity index is 607. The lowest BCUT2D eigenvalue weighted by Crippen LogP contribution is -2.18. The summed E-state index contributed by atoms with van der Waals surface area (Å²) in [4.78, 5) is 11.6. The molecule has 0 bridgehead atoms. The van der Waals surface area contributed by atoms with Gasteiger partial charge in [0.25, 0.3) is 5.56 Å². The van der Waals surface area contributed by atoms with Crippen molar-refractivity contribution in [2.45, 2.75) is 6.54 Å². The topological polar surface area (TPSA) is 22.0 Å². The summed E-state index contributed by atoms with van der Waals surface area (Å²) in [5.41, 5.74) is 0.663. The van der Waals surface area contributed by atoms with Crippen LogP contribution in [0.3, 0.4) is 0 Å². The van der Waals surface area contributed by atoms with E-state index in [9.17, 15) is 4.79 Å². The van der Waals surface area contributed by atoms with E-state index in [2.05, 4.69) is 5.92 Å². The number of hydrogen-bond donors (Lipinski definition) is 0. The lowest BCUT2D eigenvalue weighted by Gasteiger charge is -2.06. The Labute approximate surface area is 92.1 Å². The van der Waals surface area contributed by atoms with Crippen LogP contribution in [0.5, 0.6) is 0 Å². The summed E-state index contributed by atoms with van der Waals surface area (Å²) in [6.45, 7) is 0.260. The first-order valence-electron chi connectivity index (χ1n) is 4.45. The van der Waals surface area contributed by atoms with Crippen molar-refractivity contribution >= 4 is 22.5 Å². The standard InChI is InChI=1S/C12H8ClNO/c1-2-7-14-11-8-10(13)5-3-9(11)4-6-12(14)15/h1,3-6,8H,7H2. The predicted octanol–water partition coefficient (Wildman–Crippen LogP) is 2.29. The minimum absolute atomic E-state index is 0.109. The van der Waals surface area contributed by atoms with E-state index in [1.54, 1.807) is 18.2 Å². The molecule has 74 valence electrons. The molecule has 0 saturated carbocycles. The van der Waals surface area contributed by atoms with Gasteiger partial charge < -0.3 is 0 Å². The van der Waals surface area contributed by atoms with Gasteiger partial charge in [-0.2, -0.15) is 0 Å². The molecule has 0 unspecified atom stereocenters. The third kappa shape index (κ3) is 1.74. The van der Waals surface area contributed by atoms with E-state index in [0.29, 0.717) is 5.02 Å². The van der Waals surface area contributed by atoms with Crippen LogP contribution in [0, 0.1) is 12.3 Å². The number of halogens is 1. The third-order valence-electron chi connectivity index (χ3n) is 2.20. The van der Waals surface area contributed by atoms with Gasteiger partial charge in [0.1, 0.15) is 0 Å². The van der Waals surface area contributed by atoms with E-state index < -0.39 is 0 Å². The monoisotopic (exact) mass is 217 g/mol. The Kier molecular flexibility index (Phi) is 2.49. The molecule has 15 heavy (non-hydrogen) atoms. The molecule has 0 aliphatic heterocycles. The molecule has 0 fully saturated rings. The molecule has 0 saturated heterocycles. The third-order valence-corrected chi connectivity index (χ3v) is 2.44. The van der Waals surface area contributed by atoms with Crippen molar-refractivity contribution in [3.05, 3.63) is 45.7 Å². The molecule has 1 aromatic heterocycles. The smallest absolute Gasteiger partial charge is 0.251 e. The molecule has 1 heterocycles. The fourth-order valence-electron chi connectivity index (χ4n) is 1.52. The number of fused-ring (bicyclic) bond motifs is 1. The predicted molar refractivity (Wildman–Crippen MR) is 62.1 cm³/mol. The highest BCUT2D eigenvalue weighted by Crippen LogP contribution is 2.17. The zero-order valence-electron chi connectivity index (χ0n) is 7.90. The van der Waals surface area contributed by atoms with Gasteiger partial charge in [-0.3, -0.25) is 9.36 Å². The molecular formula is C12H8ClNO. The SMILES string of the molecule is C#CCn1c(=O)ccc2ccc(Cl)cc21. The van der Waals surface area contributed by atoms with Gasteiger partial charge in [-0.05, 0) is 23.6 Å². The van der Waals surface area contributed by atoms with E-state index >= 15 is 0 Å². The highest BCUT2D eigenvalue weighted by Gasteiger charge is 2.01. The van der Waals surface area contributed by atoms with Crippen LogP contribution in [0.25, 0.3) is 10.9 Å². The fraction of sp³-hybridized carbons (Fsp3) is 0.0833. The maximum atomic E-state index is 11.6. The van der Waals surface area contributed by atoms with Gasteiger partial charge in [0.2, 0.25) is 0 Å². The van der Waals surface area contributed by atoms with Gasteiger partial charge in [0.05, 0.1) is 12.1 Å². The molecule has 0 N–H and O–H groups in total. The molecular weight excluding hydrogens is 210 g/mol. The van der Waals surface area contributed by atoms with E-state index in [0.717, 1.165) is 10.9 Å². The lowest BCUT2D eigenvalue weighted by molar-refractivity contribution is 0.836. The van der Waals surface area contributed by atoms with Gasteiger partial charge >= 0.3 is 0 Å². The Morgan fingerprint density at radius 1 is 1.33 bits per heavy atom. The minimum Gasteiger partial charge on any atom is -0.297 e. The van der Waals surface area contributed by atoms with E-state index in [1.165, 1.54) is 10.6 Å². The van der Waals surface area contributed by atoms with Crippen LogP contribution in [0.1, 0.15) is 0 Å². The summed E-state index contributed by atoms with van der Waals surface area (Å²) >= 11 is 5.88. The molecule has 0 aliphatic rings. The molecule has 0 aliphatic carbocycles. The average molecular weight is 218 g/mol. The maximum Gasteiger partial charge on any atom is 0.251 e. The summed E-state index contributed by atoms with van der Waals surface area (Å²) < 4.78 is 1.53. The van der Waals surface area contributed by atoms with Crippen LogP contribution in [-0.2, 0) is 6.54 Å². The van der Waals surface area contributed by atoms with E-state index in [1.807, 2.05) is 6.07 Å². The molecule has 0 amide bonds. The Hall–Kier alpha value is -1.72. The van der Waals surface area contributed by atoms with Crippen LogP contribution in [0.4, 0.5) is 0 Å². The first-order chi connectivity index (χ1) is 7.22. The van der Waals surface area contributed by atoms with Crippen molar-refractivity contribution in [3.8, 4) is 12.3 Å². The molecule has 0 atom stereocenters. The van der Waals surface area contributed by atoms with Crippen molar-refractivity contribution in [2.24, 2.45) is 0 Å². The molecule has 2 rings (SSSR count). The molecule has 0 radical (unpaired) electrons. The van der Waals surface area contributed by atoms with Gasteiger partial charge in [-0.1, -0.05) is 23.6 Å². The van der Waals surface area contributed by atoms with Crippen molar-refractivity contribution in [2.75, 3.05) is 0 Å². The van der Waals surface area contributed by atoms with Crippen molar-refractivity contribution < 1.29 is 0 Å². The summed E-state index contributed by atoms with van der Waals surface area (Å²) in [7, 11) is 0. The quantitative estimate of drug-likeness (QED) is 0.672. The highest BCUT2D eigenvalue weighted by molar-refractivity contribution is 6.31. The first kappa shape index (κ1) is 9.82. The Morgan fingerprint density at radius 3 is 2.80 bits per heavy atom.